The minimum Gasteiger partial charge on any atom is -0.277 e. The lowest BCUT2D eigenvalue weighted by atomic mass is 9.86. The third kappa shape index (κ3) is 6.74. The van der Waals surface area contributed by atoms with E-state index in [1.807, 2.05) is 0 Å². The van der Waals surface area contributed by atoms with Gasteiger partial charge >= 0.3 is 0 Å². The first-order valence-corrected chi connectivity index (χ1v) is 21.8. The van der Waals surface area contributed by atoms with E-state index in [4.69, 9.17) is 28.3 Å². The van der Waals surface area contributed by atoms with Gasteiger partial charge in [0.15, 0.2) is 5.84 Å². The highest BCUT2D eigenvalue weighted by atomic mass is 35.5. The Balaban J connectivity index is 1.45. The van der Waals surface area contributed by atoms with Crippen LogP contribution in [0.15, 0.2) is 131 Å². The van der Waals surface area contributed by atoms with Crippen molar-refractivity contribution < 1.29 is 0 Å². The van der Waals surface area contributed by atoms with Crippen LogP contribution in [0.2, 0.25) is 0 Å². The van der Waals surface area contributed by atoms with Crippen molar-refractivity contribution in [2.45, 2.75) is 98.4 Å². The summed E-state index contributed by atoms with van der Waals surface area (Å²) in [5.41, 5.74) is 6.85. The van der Waals surface area contributed by atoms with E-state index in [0.717, 1.165) is 47.0 Å². The predicted molar refractivity (Wildman–Crippen MR) is 218 cm³/mol. The van der Waals surface area contributed by atoms with E-state index in [-0.39, 0.29) is 5.38 Å². The summed E-state index contributed by atoms with van der Waals surface area (Å²) in [6.07, 6.45) is 17.3. The number of hydrogen-bond donors (Lipinski definition) is 0. The van der Waals surface area contributed by atoms with Crippen LogP contribution in [0.5, 0.6) is 0 Å². The number of amidine groups is 1. The van der Waals surface area contributed by atoms with Gasteiger partial charge in [0.1, 0.15) is 5.82 Å². The van der Waals surface area contributed by atoms with Crippen LogP contribution in [0, 0.1) is 0 Å². The number of thiophene rings is 1. The van der Waals surface area contributed by atoms with Gasteiger partial charge in [-0.05, 0) is 97.2 Å². The van der Waals surface area contributed by atoms with Crippen molar-refractivity contribution in [2.24, 2.45) is 5.10 Å². The van der Waals surface area contributed by atoms with Gasteiger partial charge in [-0.1, -0.05) is 119 Å². The molecular weight excluding hydrogens is 692 g/mol. The molecule has 0 N–H and O–H groups in total. The number of benzene rings is 3. The Hall–Kier alpha value is -2.88. The molecule has 0 bridgehead atoms. The Bertz CT molecular complexity index is 1800. The van der Waals surface area contributed by atoms with Crippen molar-refractivity contribution in [3.8, 4) is 0 Å². The second kappa shape index (κ2) is 15.4. The van der Waals surface area contributed by atoms with E-state index in [1.165, 1.54) is 74.7 Å². The van der Waals surface area contributed by atoms with Gasteiger partial charge in [-0.25, -0.2) is 5.01 Å². The summed E-state index contributed by atoms with van der Waals surface area (Å²) in [4.78, 5) is 3.60. The Labute approximate surface area is 313 Å². The fraction of sp³-hybridized carbons (Fsp3) is 0.372. The minimum absolute atomic E-state index is 0.156. The van der Waals surface area contributed by atoms with Gasteiger partial charge in [0.25, 0.3) is 0 Å². The van der Waals surface area contributed by atoms with Crippen molar-refractivity contribution in [1.29, 1.82) is 0 Å². The molecule has 8 rings (SSSR count). The number of halogens is 2. The number of hydrogen-bond acceptors (Lipinski definition) is 4. The largest absolute Gasteiger partial charge is 0.277 e. The normalized spacial score (nSPS) is 26.2. The molecule has 2 unspecified atom stereocenters. The fourth-order valence-corrected chi connectivity index (χ4v) is 15.3. The van der Waals surface area contributed by atoms with Crippen molar-refractivity contribution in [3.63, 3.8) is 0 Å². The van der Waals surface area contributed by atoms with E-state index in [1.54, 1.807) is 11.3 Å². The minimum atomic E-state index is -0.599. The monoisotopic (exact) mass is 737 g/mol. The second-order valence-corrected chi connectivity index (χ2v) is 19.6. The van der Waals surface area contributed by atoms with Crippen molar-refractivity contribution in [2.75, 3.05) is 9.91 Å². The maximum atomic E-state index is 8.72. The molecule has 3 saturated carbocycles. The molecule has 2 atom stereocenters. The first-order chi connectivity index (χ1) is 24.6. The van der Waals surface area contributed by atoms with Gasteiger partial charge in [0.05, 0.1) is 15.7 Å². The van der Waals surface area contributed by atoms with Crippen LogP contribution in [-0.4, -0.2) is 27.1 Å². The van der Waals surface area contributed by atoms with E-state index in [9.17, 15) is 0 Å². The first-order valence-electron chi connectivity index (χ1n) is 18.6. The summed E-state index contributed by atoms with van der Waals surface area (Å²) in [7, 11) is -0.599. The van der Waals surface area contributed by atoms with Gasteiger partial charge in [0, 0.05) is 21.7 Å². The number of hydrazone groups is 1. The standard InChI is InChI=1S/C43H46Cl2N3PS/c44-39-28-29-43(45,49(35-23-12-4-13-24-35)36-25-14-5-15-26-36)40(38(39)31-37-27-16-30-50-37)42-47(33-19-8-2-9-20-33)41(32-17-6-1-7-18-32)46-48(42)34-21-10-3-11-22-34/h1-3,6-11,16-22,27,30-31,35-36,39H,4-5,12-15,23-26,28-29H2. The lowest BCUT2D eigenvalue weighted by Gasteiger charge is -2.52. The van der Waals surface area contributed by atoms with Gasteiger partial charge in [-0.15, -0.1) is 39.6 Å². The van der Waals surface area contributed by atoms with Crippen molar-refractivity contribution in [3.05, 3.63) is 136 Å². The van der Waals surface area contributed by atoms with Gasteiger partial charge in [-0.2, -0.15) is 0 Å². The zero-order chi connectivity index (χ0) is 33.9. The summed E-state index contributed by atoms with van der Waals surface area (Å²) < 4.78 is -0.551. The molecule has 2 heterocycles. The summed E-state index contributed by atoms with van der Waals surface area (Å²) in [6.45, 7) is 0. The lowest BCUT2D eigenvalue weighted by Crippen LogP contribution is -2.43. The molecule has 3 aliphatic carbocycles. The van der Waals surface area contributed by atoms with Gasteiger partial charge in [0.2, 0.25) is 0 Å². The maximum Gasteiger partial charge on any atom is 0.167 e. The number of anilines is 2. The van der Waals surface area contributed by atoms with Gasteiger partial charge < -0.3 is 0 Å². The third-order valence-electron chi connectivity index (χ3n) is 11.0. The van der Waals surface area contributed by atoms with Crippen LogP contribution >= 0.6 is 42.5 Å². The highest BCUT2D eigenvalue weighted by Gasteiger charge is 2.54. The average molecular weight is 739 g/mol. The van der Waals surface area contributed by atoms with E-state index in [0.29, 0.717) is 11.3 Å². The third-order valence-corrected chi connectivity index (χ3v) is 17.1. The molecule has 4 aromatic rings. The van der Waals surface area contributed by atoms with E-state index >= 15 is 0 Å². The molecule has 7 heteroatoms. The van der Waals surface area contributed by atoms with Crippen molar-refractivity contribution >= 4 is 65.7 Å². The predicted octanol–water partition coefficient (Wildman–Crippen LogP) is 13.2. The van der Waals surface area contributed by atoms with Gasteiger partial charge in [-0.3, -0.25) is 4.90 Å². The molecule has 258 valence electrons. The topological polar surface area (TPSA) is 18.8 Å². The molecule has 0 saturated heterocycles. The van der Waals surface area contributed by atoms with Crippen LogP contribution in [0.25, 0.3) is 6.08 Å². The smallest absolute Gasteiger partial charge is 0.167 e. The van der Waals surface area contributed by atoms with Crippen LogP contribution < -0.4 is 9.91 Å². The molecule has 0 amide bonds. The quantitative estimate of drug-likeness (QED) is 0.139. The Kier molecular flexibility index (Phi) is 10.5. The molecule has 3 aromatic carbocycles. The van der Waals surface area contributed by atoms with Crippen molar-refractivity contribution in [1.82, 2.24) is 0 Å². The zero-order valence-electron chi connectivity index (χ0n) is 28.6. The molecule has 3 nitrogen and oxygen atoms in total. The molecular formula is C43H46Cl2N3PS. The highest BCUT2D eigenvalue weighted by molar-refractivity contribution is 7.63. The average Bonchev–Trinajstić information content (AvgIpc) is 3.84. The summed E-state index contributed by atoms with van der Waals surface area (Å²) in [6, 6.07) is 36.4. The zero-order valence-corrected chi connectivity index (χ0v) is 31.9. The fourth-order valence-electron chi connectivity index (χ4n) is 8.76. The molecule has 1 aliphatic heterocycles. The van der Waals surface area contributed by atoms with E-state index < -0.39 is 12.5 Å². The highest BCUT2D eigenvalue weighted by Crippen LogP contribution is 2.72. The number of rotatable bonds is 7. The molecule has 0 spiro atoms. The summed E-state index contributed by atoms with van der Waals surface area (Å²) in [5, 5.41) is 9.74. The first kappa shape index (κ1) is 34.2. The molecule has 50 heavy (non-hydrogen) atoms. The van der Waals surface area contributed by atoms with Crippen LogP contribution in [-0.2, 0) is 0 Å². The van der Waals surface area contributed by atoms with Crippen LogP contribution in [0.3, 0.4) is 0 Å². The lowest BCUT2D eigenvalue weighted by molar-refractivity contribution is 0.476. The molecule has 0 radical (unpaired) electrons. The number of nitrogens with zero attached hydrogens (tertiary/aromatic N) is 3. The Morgan fingerprint density at radius 2 is 1.28 bits per heavy atom. The van der Waals surface area contributed by atoms with Crippen LogP contribution in [0.4, 0.5) is 11.4 Å². The number of alkyl halides is 2. The molecule has 1 aromatic heterocycles. The summed E-state index contributed by atoms with van der Waals surface area (Å²) >= 11 is 18.1. The van der Waals surface area contributed by atoms with E-state index in [2.05, 4.69) is 124 Å². The number of para-hydroxylation sites is 2. The SMILES string of the molecule is ClC1CCC(Cl)(P(C2CCCCC2)C2CCCCC2)C(=C2N(c3ccccc3)N=C(c3ccccc3)N2c2ccccc2)C1=Cc1cccs1. The number of allylic oxidation sites excluding steroid dienone is 2. The summed E-state index contributed by atoms with van der Waals surface area (Å²) in [5.74, 6) is 1.93. The molecule has 4 aliphatic rings. The van der Waals surface area contributed by atoms with Crippen LogP contribution in [0.1, 0.15) is 87.5 Å². The molecule has 3 fully saturated rings. The Morgan fingerprint density at radius 3 is 1.86 bits per heavy atom. The second-order valence-electron chi connectivity index (χ2n) is 14.2. The maximum absolute atomic E-state index is 8.72. The Morgan fingerprint density at radius 1 is 0.700 bits per heavy atom.